The number of thiophene rings is 1. The first kappa shape index (κ1) is 22.4. The molecule has 0 atom stereocenters. The molecule has 3 aromatic heterocycles. The quantitative estimate of drug-likeness (QED) is 0.477. The zero-order valence-corrected chi connectivity index (χ0v) is 19.2. The van der Waals surface area contributed by atoms with E-state index in [1.807, 2.05) is 43.3 Å². The number of fused-ring (bicyclic) bond motifs is 1. The highest BCUT2D eigenvalue weighted by atomic mass is 35.5. The van der Waals surface area contributed by atoms with Gasteiger partial charge >= 0.3 is 5.69 Å². The number of rotatable bonds is 5. The van der Waals surface area contributed by atoms with Crippen molar-refractivity contribution in [3.63, 3.8) is 0 Å². The molecule has 0 radical (unpaired) electrons. The Kier molecular flexibility index (Phi) is 6.54. The number of nitrogens with zero attached hydrogens (tertiary/aromatic N) is 6. The van der Waals surface area contributed by atoms with Gasteiger partial charge in [0.15, 0.2) is 5.82 Å². The van der Waals surface area contributed by atoms with Gasteiger partial charge in [0.05, 0.1) is 5.52 Å². The molecular formula is C21H24ClN7O2S. The fourth-order valence-corrected chi connectivity index (χ4v) is 5.14. The Morgan fingerprint density at radius 1 is 1.16 bits per heavy atom. The van der Waals surface area contributed by atoms with Crippen molar-refractivity contribution in [2.24, 2.45) is 0 Å². The van der Waals surface area contributed by atoms with Crippen LogP contribution in [0, 0.1) is 0 Å². The Bertz CT molecular complexity index is 1340. The summed E-state index contributed by atoms with van der Waals surface area (Å²) in [5.74, 6) is 0.617. The molecule has 1 N–H and O–H groups in total. The second-order valence-electron chi connectivity index (χ2n) is 7.63. The molecule has 5 rings (SSSR count). The molecule has 0 amide bonds. The lowest BCUT2D eigenvalue weighted by molar-refractivity contribution is 0.340. The summed E-state index contributed by atoms with van der Waals surface area (Å²) in [6.45, 7) is 3.64. The lowest BCUT2D eigenvalue weighted by Crippen LogP contribution is -2.45. The van der Waals surface area contributed by atoms with Crippen LogP contribution >= 0.6 is 23.7 Å². The van der Waals surface area contributed by atoms with E-state index >= 15 is 0 Å². The first-order chi connectivity index (χ1) is 15.2. The Morgan fingerprint density at radius 3 is 2.59 bits per heavy atom. The average Bonchev–Trinajstić information content (AvgIpc) is 3.45. The molecule has 0 aliphatic carbocycles. The summed E-state index contributed by atoms with van der Waals surface area (Å²) in [7, 11) is 0. The highest BCUT2D eigenvalue weighted by Gasteiger charge is 2.24. The van der Waals surface area contributed by atoms with Gasteiger partial charge in [0.25, 0.3) is 5.56 Å². The molecule has 168 valence electrons. The van der Waals surface area contributed by atoms with Crippen molar-refractivity contribution in [2.45, 2.75) is 38.9 Å². The van der Waals surface area contributed by atoms with Crippen molar-refractivity contribution >= 4 is 34.0 Å². The standard InChI is InChI=1S/C21H23N7O2S.ClH/c1-2-18-23-25-27(24-18)13-26-16-12-17(14-6-4-3-5-7-14)31-19(16)20(29)28(21(26)30)15-8-10-22-11-9-15;/h3-7,12,15,22H,2,8-11,13H2,1H3;1H. The maximum Gasteiger partial charge on any atom is 0.333 e. The second kappa shape index (κ2) is 9.35. The van der Waals surface area contributed by atoms with Gasteiger partial charge in [0.1, 0.15) is 11.4 Å². The van der Waals surface area contributed by atoms with Crippen LogP contribution in [0.3, 0.4) is 0 Å². The predicted molar refractivity (Wildman–Crippen MR) is 127 cm³/mol. The molecule has 11 heteroatoms. The molecule has 1 aliphatic rings. The Hall–Kier alpha value is -2.82. The largest absolute Gasteiger partial charge is 0.333 e. The first-order valence-corrected chi connectivity index (χ1v) is 11.3. The molecule has 1 aromatic carbocycles. The van der Waals surface area contributed by atoms with E-state index in [0.717, 1.165) is 36.4 Å². The van der Waals surface area contributed by atoms with Crippen LogP contribution in [0.2, 0.25) is 0 Å². The summed E-state index contributed by atoms with van der Waals surface area (Å²) in [6.07, 6.45) is 2.16. The van der Waals surface area contributed by atoms with Gasteiger partial charge in [-0.1, -0.05) is 37.3 Å². The van der Waals surface area contributed by atoms with E-state index in [9.17, 15) is 9.59 Å². The van der Waals surface area contributed by atoms with Gasteiger partial charge < -0.3 is 5.32 Å². The van der Waals surface area contributed by atoms with E-state index in [0.29, 0.717) is 22.5 Å². The highest BCUT2D eigenvalue weighted by Crippen LogP contribution is 2.31. The van der Waals surface area contributed by atoms with Crippen molar-refractivity contribution in [3.8, 4) is 10.4 Å². The summed E-state index contributed by atoms with van der Waals surface area (Å²) in [4.78, 5) is 29.4. The topological polar surface area (TPSA) is 99.6 Å². The monoisotopic (exact) mass is 473 g/mol. The zero-order chi connectivity index (χ0) is 21.4. The minimum absolute atomic E-state index is 0. The SMILES string of the molecule is CCc1nnn(Cn2c(=O)n(C3CCNCC3)c(=O)c3sc(-c4ccccc4)cc32)n1.Cl. The summed E-state index contributed by atoms with van der Waals surface area (Å²) >= 11 is 1.42. The molecule has 0 spiro atoms. The normalized spacial score (nSPS) is 14.5. The third-order valence-electron chi connectivity index (χ3n) is 5.66. The van der Waals surface area contributed by atoms with Crippen LogP contribution in [0.4, 0.5) is 0 Å². The highest BCUT2D eigenvalue weighted by molar-refractivity contribution is 7.22. The van der Waals surface area contributed by atoms with E-state index < -0.39 is 0 Å². The lowest BCUT2D eigenvalue weighted by atomic mass is 10.1. The maximum absolute atomic E-state index is 13.6. The average molecular weight is 474 g/mol. The van der Waals surface area contributed by atoms with Crippen LogP contribution in [0.15, 0.2) is 46.0 Å². The van der Waals surface area contributed by atoms with Gasteiger partial charge in [-0.05, 0) is 42.8 Å². The van der Waals surface area contributed by atoms with Gasteiger partial charge in [0, 0.05) is 17.3 Å². The molecule has 32 heavy (non-hydrogen) atoms. The van der Waals surface area contributed by atoms with Crippen LogP contribution < -0.4 is 16.6 Å². The van der Waals surface area contributed by atoms with Crippen LogP contribution in [0.25, 0.3) is 20.7 Å². The zero-order valence-electron chi connectivity index (χ0n) is 17.6. The minimum atomic E-state index is -0.322. The number of aryl methyl sites for hydroxylation is 1. The molecular weight excluding hydrogens is 450 g/mol. The van der Waals surface area contributed by atoms with Gasteiger partial charge in [-0.3, -0.25) is 13.9 Å². The summed E-state index contributed by atoms with van der Waals surface area (Å²) in [5.41, 5.74) is 1.09. The number of nitrogens with one attached hydrogen (secondary N) is 1. The van der Waals surface area contributed by atoms with Crippen LogP contribution in [-0.4, -0.2) is 42.4 Å². The summed E-state index contributed by atoms with van der Waals surface area (Å²) < 4.78 is 3.61. The molecule has 0 unspecified atom stereocenters. The summed E-state index contributed by atoms with van der Waals surface area (Å²) in [5, 5.41) is 15.7. The van der Waals surface area contributed by atoms with Gasteiger partial charge in [-0.25, -0.2) is 4.79 Å². The van der Waals surface area contributed by atoms with Gasteiger partial charge in [-0.2, -0.15) is 0 Å². The predicted octanol–water partition coefficient (Wildman–Crippen LogP) is 2.29. The number of aromatic nitrogens is 6. The molecule has 9 nitrogen and oxygen atoms in total. The Balaban J connectivity index is 0.00000245. The van der Waals surface area contributed by atoms with Crippen LogP contribution in [0.1, 0.15) is 31.6 Å². The second-order valence-corrected chi connectivity index (χ2v) is 8.68. The van der Waals surface area contributed by atoms with Crippen molar-refractivity contribution in [1.82, 2.24) is 34.7 Å². The number of halogens is 1. The van der Waals surface area contributed by atoms with Crippen LogP contribution in [-0.2, 0) is 13.1 Å². The smallest absolute Gasteiger partial charge is 0.317 e. The Labute approximate surface area is 194 Å². The summed E-state index contributed by atoms with van der Waals surface area (Å²) in [6, 6.07) is 11.7. The number of benzene rings is 1. The Morgan fingerprint density at radius 2 is 1.91 bits per heavy atom. The molecule has 0 bridgehead atoms. The van der Waals surface area contributed by atoms with E-state index in [4.69, 9.17) is 0 Å². The fourth-order valence-electron chi connectivity index (χ4n) is 4.04. The van der Waals surface area contributed by atoms with Crippen molar-refractivity contribution < 1.29 is 0 Å². The third kappa shape index (κ3) is 4.01. The molecule has 4 heterocycles. The molecule has 1 fully saturated rings. The van der Waals surface area contributed by atoms with Gasteiger partial charge in [0.2, 0.25) is 0 Å². The molecule has 4 aromatic rings. The van der Waals surface area contributed by atoms with Crippen molar-refractivity contribution in [1.29, 1.82) is 0 Å². The maximum atomic E-state index is 13.6. The van der Waals surface area contributed by atoms with Crippen LogP contribution in [0.5, 0.6) is 0 Å². The lowest BCUT2D eigenvalue weighted by Gasteiger charge is -2.24. The number of hydrogen-bond donors (Lipinski definition) is 1. The third-order valence-corrected chi connectivity index (χ3v) is 6.83. The van der Waals surface area contributed by atoms with E-state index in [2.05, 4.69) is 20.7 Å². The number of piperidine rings is 1. The van der Waals surface area contributed by atoms with E-state index in [1.165, 1.54) is 20.7 Å². The first-order valence-electron chi connectivity index (χ1n) is 10.5. The molecule has 1 aliphatic heterocycles. The number of tetrazole rings is 1. The fraction of sp³-hybridized carbons (Fsp3) is 0.381. The molecule has 1 saturated heterocycles. The van der Waals surface area contributed by atoms with E-state index in [-0.39, 0.29) is 36.4 Å². The molecule has 0 saturated carbocycles. The number of hydrogen-bond acceptors (Lipinski definition) is 7. The van der Waals surface area contributed by atoms with E-state index in [1.54, 1.807) is 4.57 Å². The van der Waals surface area contributed by atoms with Gasteiger partial charge in [-0.15, -0.1) is 38.7 Å². The minimum Gasteiger partial charge on any atom is -0.317 e. The van der Waals surface area contributed by atoms with Crippen molar-refractivity contribution in [3.05, 3.63) is 63.1 Å². The van der Waals surface area contributed by atoms with Crippen molar-refractivity contribution in [2.75, 3.05) is 13.1 Å².